The number of nitrogens with two attached hydrogens (primary N) is 1. The molecule has 5 heterocycles. The number of aromatic nitrogens is 5. The maximum Gasteiger partial charge on any atom is 0.281 e. The molecule has 0 radical (unpaired) electrons. The molecule has 3 saturated heterocycles. The van der Waals surface area contributed by atoms with E-state index in [1.54, 1.807) is 0 Å². The van der Waals surface area contributed by atoms with Crippen molar-refractivity contribution in [1.29, 1.82) is 0 Å². The number of rotatable bonds is 8. The Balaban J connectivity index is 1.29. The van der Waals surface area contributed by atoms with E-state index in [4.69, 9.17) is 20.2 Å². The first-order chi connectivity index (χ1) is 19.9. The Bertz CT molecular complexity index is 1180. The van der Waals surface area contributed by atoms with Crippen LogP contribution in [0.4, 0.5) is 26.6 Å². The van der Waals surface area contributed by atoms with E-state index >= 15 is 0 Å². The number of carbonyl (C=O) groups is 1. The molecule has 3 aliphatic rings. The molecular weight excluding hydrogens is 538 g/mol. The van der Waals surface area contributed by atoms with Crippen molar-refractivity contribution in [1.82, 2.24) is 35.1 Å². The lowest BCUT2D eigenvalue weighted by Crippen LogP contribution is -2.50. The van der Waals surface area contributed by atoms with Crippen molar-refractivity contribution >= 4 is 23.8 Å². The van der Waals surface area contributed by atoms with Crippen molar-refractivity contribution in [2.24, 2.45) is 0 Å². The van der Waals surface area contributed by atoms with Crippen LogP contribution >= 0.6 is 0 Å². The fourth-order valence-electron chi connectivity index (χ4n) is 5.27. The zero-order chi connectivity index (χ0) is 28.8. The molecule has 3 N–H and O–H groups in total. The number of nitrogen functional groups attached to an aromatic ring is 1. The molecule has 1 amide bonds. The number of carbonyl (C=O) groups excluding carboxylic acids is 1. The molecule has 5 rings (SSSR count). The Labute approximate surface area is 237 Å². The van der Waals surface area contributed by atoms with E-state index in [1.807, 2.05) is 21.6 Å². The first kappa shape index (κ1) is 29.2. The highest BCUT2D eigenvalue weighted by Crippen LogP contribution is 2.30. The monoisotopic (exact) mass is 576 g/mol. The number of nitrogens with zero attached hydrogens (tertiary/aromatic N) is 8. The second kappa shape index (κ2) is 13.6. The first-order valence-corrected chi connectivity index (χ1v) is 14.3. The maximum atomic E-state index is 13.9. The summed E-state index contributed by atoms with van der Waals surface area (Å²) in [6, 6.07) is -0.0189. The summed E-state index contributed by atoms with van der Waals surface area (Å²) in [5, 5.41) is 3.37. The number of halogens is 2. The molecule has 0 spiro atoms. The van der Waals surface area contributed by atoms with E-state index in [9.17, 15) is 13.6 Å². The summed E-state index contributed by atoms with van der Waals surface area (Å²) in [5.74, 6) is 0.546. The van der Waals surface area contributed by atoms with Gasteiger partial charge in [-0.15, -0.1) is 0 Å². The van der Waals surface area contributed by atoms with E-state index < -0.39 is 12.1 Å². The summed E-state index contributed by atoms with van der Waals surface area (Å²) in [6.07, 6.45) is 2.12. The van der Waals surface area contributed by atoms with Crippen LogP contribution in [0.2, 0.25) is 0 Å². The lowest BCUT2D eigenvalue weighted by atomic mass is 10.2. The highest BCUT2D eigenvalue weighted by molar-refractivity contribution is 5.76. The summed E-state index contributed by atoms with van der Waals surface area (Å²) in [7, 11) is 0. The average Bonchev–Trinajstić information content (AvgIpc) is 3.26. The molecule has 41 heavy (non-hydrogen) atoms. The van der Waals surface area contributed by atoms with Crippen LogP contribution in [0.3, 0.4) is 0 Å². The third-order valence-corrected chi connectivity index (χ3v) is 7.61. The normalized spacial score (nSPS) is 22.2. The van der Waals surface area contributed by atoms with Crippen molar-refractivity contribution in [3.8, 4) is 11.4 Å². The van der Waals surface area contributed by atoms with Gasteiger partial charge in [0.05, 0.1) is 44.0 Å². The number of nitrogens with one attached hydrogen (secondary N) is 1. The third kappa shape index (κ3) is 7.32. The van der Waals surface area contributed by atoms with Gasteiger partial charge in [-0.1, -0.05) is 0 Å². The molecule has 2 aromatic heterocycles. The fourth-order valence-corrected chi connectivity index (χ4v) is 5.27. The quantitative estimate of drug-likeness (QED) is 0.466. The number of alkyl halides is 2. The van der Waals surface area contributed by atoms with E-state index in [1.165, 1.54) is 6.20 Å². The Hall–Kier alpha value is -3.30. The maximum absolute atomic E-state index is 13.9. The van der Waals surface area contributed by atoms with Gasteiger partial charge in [0.15, 0.2) is 5.82 Å². The van der Waals surface area contributed by atoms with E-state index in [-0.39, 0.29) is 35.4 Å². The van der Waals surface area contributed by atoms with Crippen LogP contribution in [0.25, 0.3) is 11.4 Å². The van der Waals surface area contributed by atoms with Gasteiger partial charge in [-0.2, -0.15) is 15.0 Å². The van der Waals surface area contributed by atoms with E-state index in [2.05, 4.69) is 25.3 Å². The van der Waals surface area contributed by atoms with Crippen LogP contribution < -0.4 is 20.9 Å². The van der Waals surface area contributed by atoms with Gasteiger partial charge in [-0.3, -0.25) is 4.79 Å². The molecule has 13 nitrogen and oxygen atoms in total. The summed E-state index contributed by atoms with van der Waals surface area (Å²) in [4.78, 5) is 40.1. The van der Waals surface area contributed by atoms with Gasteiger partial charge in [-0.05, 0) is 32.7 Å². The topological polar surface area (TPSA) is 148 Å². The summed E-state index contributed by atoms with van der Waals surface area (Å²) in [5.41, 5.74) is 5.05. The minimum atomic E-state index is -2.89. The summed E-state index contributed by atoms with van der Waals surface area (Å²) in [6.45, 7) is 7.71. The predicted octanol–water partition coefficient (Wildman–Crippen LogP) is 1.27. The van der Waals surface area contributed by atoms with E-state index in [0.717, 1.165) is 32.4 Å². The van der Waals surface area contributed by atoms with Crippen LogP contribution in [-0.4, -0.2) is 114 Å². The van der Waals surface area contributed by atoms with Gasteiger partial charge >= 0.3 is 0 Å². The number of anilines is 3. The number of ether oxygens (including phenoxy) is 2. The minimum absolute atomic E-state index is 0.00213. The molecule has 0 saturated carbocycles. The zero-order valence-electron chi connectivity index (χ0n) is 23.3. The average molecular weight is 577 g/mol. The highest BCUT2D eigenvalue weighted by atomic mass is 19.3. The van der Waals surface area contributed by atoms with Crippen LogP contribution in [0, 0.1) is 0 Å². The van der Waals surface area contributed by atoms with Crippen molar-refractivity contribution < 1.29 is 23.0 Å². The smallest absolute Gasteiger partial charge is 0.281 e. The van der Waals surface area contributed by atoms with E-state index in [0.29, 0.717) is 70.9 Å². The summed E-state index contributed by atoms with van der Waals surface area (Å²) < 4.78 is 39.3. The number of piperazine rings is 1. The number of amides is 1. The molecule has 0 aromatic carbocycles. The Kier molecular flexibility index (Phi) is 9.67. The molecule has 2 aromatic rings. The fraction of sp³-hybridized carbons (Fsp3) is 0.692. The van der Waals surface area contributed by atoms with Crippen LogP contribution in [0.5, 0.6) is 0 Å². The number of hydrogen-bond donors (Lipinski definition) is 2. The summed E-state index contributed by atoms with van der Waals surface area (Å²) >= 11 is 0. The lowest BCUT2D eigenvalue weighted by molar-refractivity contribution is -0.133. The second-order valence-electron chi connectivity index (χ2n) is 10.5. The minimum Gasteiger partial charge on any atom is -0.377 e. The zero-order valence-corrected chi connectivity index (χ0v) is 23.3. The predicted molar refractivity (Wildman–Crippen MR) is 148 cm³/mol. The Morgan fingerprint density at radius 1 is 1.15 bits per heavy atom. The van der Waals surface area contributed by atoms with Crippen molar-refractivity contribution in [2.45, 2.75) is 51.2 Å². The molecule has 0 aliphatic carbocycles. The molecule has 224 valence electrons. The number of morpholine rings is 1. The van der Waals surface area contributed by atoms with Gasteiger partial charge < -0.3 is 35.2 Å². The first-order valence-electron chi connectivity index (χ1n) is 14.3. The van der Waals surface area contributed by atoms with Crippen molar-refractivity contribution in [3.63, 3.8) is 0 Å². The van der Waals surface area contributed by atoms with Gasteiger partial charge in [-0.25, -0.2) is 18.7 Å². The molecule has 15 heteroatoms. The standard InChI is InChI=1S/C26H38F2N10O3/c1-17-16-40-13-11-38(17)26-34-23(19-15-31-24(29)32-21(19)22(27)28)33-25(35-26)37-9-7-36(8-10-37)20(39)5-12-41-18-4-2-3-6-30-14-18/h15,17-18,22,30H,2-14,16H2,1H3,(H2,29,31,32)/t17-,18+/m0/s1. The molecule has 2 atom stereocenters. The van der Waals surface area contributed by atoms with Crippen LogP contribution in [-0.2, 0) is 14.3 Å². The van der Waals surface area contributed by atoms with Gasteiger partial charge in [0, 0.05) is 45.5 Å². The molecule has 3 aliphatic heterocycles. The Morgan fingerprint density at radius 2 is 1.95 bits per heavy atom. The molecule has 0 bridgehead atoms. The van der Waals surface area contributed by atoms with Crippen molar-refractivity contribution in [3.05, 3.63) is 11.9 Å². The van der Waals surface area contributed by atoms with Gasteiger partial charge in [0.1, 0.15) is 5.69 Å². The molecular formula is C26H38F2N10O3. The largest absolute Gasteiger partial charge is 0.377 e. The van der Waals surface area contributed by atoms with Crippen LogP contribution in [0.1, 0.15) is 44.7 Å². The highest BCUT2D eigenvalue weighted by Gasteiger charge is 2.29. The van der Waals surface area contributed by atoms with Gasteiger partial charge in [0.25, 0.3) is 6.43 Å². The third-order valence-electron chi connectivity index (χ3n) is 7.61. The molecule has 3 fully saturated rings. The van der Waals surface area contributed by atoms with Crippen LogP contribution in [0.15, 0.2) is 6.20 Å². The van der Waals surface area contributed by atoms with Crippen molar-refractivity contribution in [2.75, 3.05) is 81.2 Å². The van der Waals surface area contributed by atoms with Gasteiger partial charge in [0.2, 0.25) is 23.8 Å². The second-order valence-corrected chi connectivity index (χ2v) is 10.5. The molecule has 0 unspecified atom stereocenters. The SMILES string of the molecule is C[C@H]1COCCN1c1nc(-c2cnc(N)nc2C(F)F)nc(N2CCN(C(=O)CCO[C@@H]3CCCCNC3)CC2)n1. The Morgan fingerprint density at radius 3 is 2.73 bits per heavy atom. The lowest BCUT2D eigenvalue weighted by Gasteiger charge is -2.36. The number of hydrogen-bond acceptors (Lipinski definition) is 12.